The second-order valence-electron chi connectivity index (χ2n) is 10.8. The van der Waals surface area contributed by atoms with Gasteiger partial charge in [-0.05, 0) is 69.4 Å². The topological polar surface area (TPSA) is 79.8 Å². The zero-order chi connectivity index (χ0) is 24.0. The Labute approximate surface area is 200 Å². The zero-order valence-electron chi connectivity index (χ0n) is 20.2. The molecule has 2 aliphatic carbocycles. The van der Waals surface area contributed by atoms with Gasteiger partial charge < -0.3 is 9.67 Å². The number of rotatable bonds is 5. The second-order valence-corrected chi connectivity index (χ2v) is 10.8. The fourth-order valence-corrected chi connectivity index (χ4v) is 7.35. The SMILES string of the molecule is C#[N+][C@]1(C)CC[C@@H](C[C@H](C)n2c(=O)c(C(=O)O)nc3ccccc32)N1C1C2CCCC1CCC2. The van der Waals surface area contributed by atoms with Crippen LogP contribution in [0.5, 0.6) is 0 Å². The molecule has 1 saturated heterocycles. The third-order valence-corrected chi connectivity index (χ3v) is 8.82. The van der Waals surface area contributed by atoms with Crippen molar-refractivity contribution in [3.05, 3.63) is 45.2 Å². The monoisotopic (exact) mass is 463 g/mol. The molecule has 34 heavy (non-hydrogen) atoms. The normalized spacial score (nSPS) is 32.4. The number of para-hydroxylation sites is 2. The number of likely N-dealkylation sites (tertiary alicyclic amines) is 1. The third kappa shape index (κ3) is 3.73. The molecular formula is C27H35N4O3+. The third-order valence-electron chi connectivity index (χ3n) is 8.82. The summed E-state index contributed by atoms with van der Waals surface area (Å²) in [5.74, 6) is 0.0869. The van der Waals surface area contributed by atoms with Gasteiger partial charge in [0.05, 0.1) is 11.0 Å². The average molecular weight is 464 g/mol. The predicted octanol–water partition coefficient (Wildman–Crippen LogP) is 5.16. The summed E-state index contributed by atoms with van der Waals surface area (Å²) in [7, 11) is 0. The van der Waals surface area contributed by atoms with Crippen molar-refractivity contribution >= 4 is 17.0 Å². The summed E-state index contributed by atoms with van der Waals surface area (Å²) in [6.45, 7) is 10.2. The number of aromatic carboxylic acids is 1. The summed E-state index contributed by atoms with van der Waals surface area (Å²) >= 11 is 0. The van der Waals surface area contributed by atoms with Crippen LogP contribution in [0.15, 0.2) is 29.1 Å². The largest absolute Gasteiger partial charge is 0.476 e. The highest BCUT2D eigenvalue weighted by atomic mass is 16.4. The van der Waals surface area contributed by atoms with E-state index in [1.165, 1.54) is 38.5 Å². The maximum Gasteiger partial charge on any atom is 0.360 e. The number of carboxylic acids is 1. The molecule has 180 valence electrons. The molecule has 7 nitrogen and oxygen atoms in total. The maximum absolute atomic E-state index is 13.2. The Bertz CT molecular complexity index is 1180. The van der Waals surface area contributed by atoms with E-state index in [0.717, 1.165) is 19.3 Å². The minimum absolute atomic E-state index is 0.186. The first kappa shape index (κ1) is 23.0. The summed E-state index contributed by atoms with van der Waals surface area (Å²) < 4.78 is 1.64. The summed E-state index contributed by atoms with van der Waals surface area (Å²) in [6.07, 6.45) is 10.3. The number of benzene rings is 1. The fourth-order valence-electron chi connectivity index (χ4n) is 7.35. The van der Waals surface area contributed by atoms with Gasteiger partial charge in [-0.3, -0.25) is 4.79 Å². The highest BCUT2D eigenvalue weighted by molar-refractivity contribution is 5.88. The predicted molar refractivity (Wildman–Crippen MR) is 132 cm³/mol. The Hall–Kier alpha value is -2.72. The van der Waals surface area contributed by atoms with Crippen molar-refractivity contribution < 1.29 is 9.90 Å². The summed E-state index contributed by atoms with van der Waals surface area (Å²) in [5.41, 5.74) is -0.146. The van der Waals surface area contributed by atoms with Crippen molar-refractivity contribution in [3.8, 4) is 6.57 Å². The van der Waals surface area contributed by atoms with Crippen molar-refractivity contribution in [2.24, 2.45) is 11.8 Å². The van der Waals surface area contributed by atoms with Crippen LogP contribution in [0.3, 0.4) is 0 Å². The first-order valence-corrected chi connectivity index (χ1v) is 12.8. The number of hydrogen-bond donors (Lipinski definition) is 1. The summed E-state index contributed by atoms with van der Waals surface area (Å²) in [6, 6.07) is 7.83. The molecular weight excluding hydrogens is 428 g/mol. The van der Waals surface area contributed by atoms with Crippen molar-refractivity contribution in [1.82, 2.24) is 14.5 Å². The molecule has 1 aromatic carbocycles. The van der Waals surface area contributed by atoms with E-state index in [4.69, 9.17) is 6.57 Å². The van der Waals surface area contributed by atoms with E-state index in [1.807, 2.05) is 25.1 Å². The standard InChI is InChI=1S/C27H34N4O3/c1-17(30-22-13-5-4-12-21(22)29-23(25(30)32)26(33)34)16-20-14-15-27(2,28-3)31(20)24-18-8-6-9-19(24)11-7-10-18/h3-5,12-13,17-20,24H,6-11,14-16H2,1-2H3/p+1/t17-,18?,19?,20-,24?,27-/m0/s1. The maximum atomic E-state index is 13.2. The highest BCUT2D eigenvalue weighted by Gasteiger charge is 2.58. The van der Waals surface area contributed by atoms with E-state index in [-0.39, 0.29) is 12.1 Å². The van der Waals surface area contributed by atoms with Crippen molar-refractivity contribution in [3.63, 3.8) is 0 Å². The molecule has 5 rings (SSSR count). The molecule has 0 radical (unpaired) electrons. The van der Waals surface area contributed by atoms with E-state index >= 15 is 0 Å². The minimum Gasteiger partial charge on any atom is -0.476 e. The van der Waals surface area contributed by atoms with Crippen LogP contribution in [0.1, 0.15) is 88.2 Å². The lowest BCUT2D eigenvalue weighted by Gasteiger charge is -2.50. The van der Waals surface area contributed by atoms with Crippen LogP contribution in [0.4, 0.5) is 0 Å². The van der Waals surface area contributed by atoms with Gasteiger partial charge in [0.2, 0.25) is 5.69 Å². The van der Waals surface area contributed by atoms with Crippen molar-refractivity contribution in [1.29, 1.82) is 0 Å². The van der Waals surface area contributed by atoms with E-state index in [0.29, 0.717) is 28.9 Å². The molecule has 3 atom stereocenters. The Morgan fingerprint density at radius 3 is 2.47 bits per heavy atom. The lowest BCUT2D eigenvalue weighted by atomic mass is 9.67. The van der Waals surface area contributed by atoms with Gasteiger partial charge in [-0.25, -0.2) is 14.7 Å². The number of carboxylic acid groups (broad SMARTS) is 1. The van der Waals surface area contributed by atoms with Gasteiger partial charge in [-0.15, -0.1) is 0 Å². The number of nitrogens with zero attached hydrogens (tertiary/aromatic N) is 4. The zero-order valence-corrected chi connectivity index (χ0v) is 20.2. The van der Waals surface area contributed by atoms with E-state index in [9.17, 15) is 14.7 Å². The van der Waals surface area contributed by atoms with Crippen LogP contribution in [-0.4, -0.2) is 43.3 Å². The van der Waals surface area contributed by atoms with Crippen LogP contribution in [0, 0.1) is 18.4 Å². The second kappa shape index (κ2) is 8.81. The molecule has 0 spiro atoms. The van der Waals surface area contributed by atoms with Crippen molar-refractivity contribution in [2.75, 3.05) is 0 Å². The Balaban J connectivity index is 1.52. The first-order chi connectivity index (χ1) is 16.3. The number of aromatic nitrogens is 2. The highest BCUT2D eigenvalue weighted by Crippen LogP contribution is 2.50. The minimum atomic E-state index is -1.29. The van der Waals surface area contributed by atoms with Gasteiger partial charge in [0.15, 0.2) is 0 Å². The molecule has 2 heterocycles. The Kier molecular flexibility index (Phi) is 5.97. The summed E-state index contributed by atoms with van der Waals surface area (Å²) in [4.78, 5) is 36.2. The molecule has 1 N–H and O–H groups in total. The fraction of sp³-hybridized carbons (Fsp3) is 0.630. The molecule has 7 heteroatoms. The lowest BCUT2D eigenvalue weighted by molar-refractivity contribution is -0.0309. The molecule has 1 aromatic heterocycles. The van der Waals surface area contributed by atoms with Crippen LogP contribution >= 0.6 is 0 Å². The number of fused-ring (bicyclic) bond motifs is 3. The number of hydrogen-bond acceptors (Lipinski definition) is 4. The lowest BCUT2D eigenvalue weighted by Crippen LogP contribution is -2.58. The van der Waals surface area contributed by atoms with Gasteiger partial charge >= 0.3 is 11.6 Å². The van der Waals surface area contributed by atoms with Gasteiger partial charge in [-0.1, -0.05) is 29.8 Å². The van der Waals surface area contributed by atoms with Crippen LogP contribution in [-0.2, 0) is 0 Å². The first-order valence-electron chi connectivity index (χ1n) is 12.8. The van der Waals surface area contributed by atoms with Gasteiger partial charge in [-0.2, -0.15) is 0 Å². The molecule has 2 aromatic rings. The van der Waals surface area contributed by atoms with Crippen LogP contribution in [0.25, 0.3) is 15.9 Å². The summed E-state index contributed by atoms with van der Waals surface area (Å²) in [5, 5.41) is 9.61. The van der Waals surface area contributed by atoms with Crippen LogP contribution < -0.4 is 5.56 Å². The van der Waals surface area contributed by atoms with Gasteiger partial charge in [0.25, 0.3) is 12.1 Å². The molecule has 0 amide bonds. The average Bonchev–Trinajstić information content (AvgIpc) is 3.13. The molecule has 2 bridgehead atoms. The van der Waals surface area contributed by atoms with E-state index < -0.39 is 22.9 Å². The molecule has 0 unspecified atom stereocenters. The van der Waals surface area contributed by atoms with E-state index in [2.05, 4.69) is 21.7 Å². The molecule has 3 aliphatic rings. The van der Waals surface area contributed by atoms with Gasteiger partial charge in [0.1, 0.15) is 0 Å². The van der Waals surface area contributed by atoms with Gasteiger partial charge in [0, 0.05) is 31.5 Å². The molecule has 3 fully saturated rings. The molecule has 2 saturated carbocycles. The van der Waals surface area contributed by atoms with Crippen molar-refractivity contribution in [2.45, 2.75) is 95.4 Å². The number of carbonyl (C=O) groups is 1. The van der Waals surface area contributed by atoms with Crippen LogP contribution in [0.2, 0.25) is 0 Å². The van der Waals surface area contributed by atoms with E-state index in [1.54, 1.807) is 10.6 Å². The smallest absolute Gasteiger partial charge is 0.360 e. The molecule has 1 aliphatic heterocycles. The Morgan fingerprint density at radius 2 is 1.85 bits per heavy atom. The quantitative estimate of drug-likeness (QED) is 0.663. The Morgan fingerprint density at radius 1 is 1.21 bits per heavy atom.